The van der Waals surface area contributed by atoms with E-state index in [9.17, 15) is 0 Å². The lowest BCUT2D eigenvalue weighted by Crippen LogP contribution is -2.28. The van der Waals surface area contributed by atoms with Gasteiger partial charge in [0, 0.05) is 22.2 Å². The van der Waals surface area contributed by atoms with Crippen LogP contribution in [0.15, 0.2) is 212 Å². The Balaban J connectivity index is 1.18. The van der Waals surface area contributed by atoms with Gasteiger partial charge in [0.05, 0.1) is 11.1 Å². The fourth-order valence-electron chi connectivity index (χ4n) is 10.2. The van der Waals surface area contributed by atoms with Gasteiger partial charge in [-0.25, -0.2) is 0 Å². The van der Waals surface area contributed by atoms with Crippen molar-refractivity contribution in [1.29, 1.82) is 0 Å². The number of rotatable bonds is 6. The van der Waals surface area contributed by atoms with Gasteiger partial charge >= 0.3 is 0 Å². The van der Waals surface area contributed by atoms with E-state index in [0.29, 0.717) is 0 Å². The van der Waals surface area contributed by atoms with Gasteiger partial charge in [0.2, 0.25) is 0 Å². The first-order valence-electron chi connectivity index (χ1n) is 20.0. The van der Waals surface area contributed by atoms with E-state index >= 15 is 0 Å². The molecular weight excluding hydrogens is 687 g/mol. The van der Waals surface area contributed by atoms with E-state index in [1.807, 2.05) is 0 Å². The molecule has 0 aromatic heterocycles. The summed E-state index contributed by atoms with van der Waals surface area (Å²) in [4.78, 5) is 2.48. The smallest absolute Gasteiger partial charge is 0.0719 e. The van der Waals surface area contributed by atoms with E-state index in [2.05, 4.69) is 231 Å². The predicted molar refractivity (Wildman–Crippen MR) is 239 cm³/mol. The van der Waals surface area contributed by atoms with Crippen molar-refractivity contribution in [3.8, 4) is 33.4 Å². The molecule has 0 saturated heterocycles. The van der Waals surface area contributed by atoms with Crippen LogP contribution in [-0.4, -0.2) is 0 Å². The van der Waals surface area contributed by atoms with Crippen molar-refractivity contribution in [2.24, 2.45) is 0 Å². The van der Waals surface area contributed by atoms with Crippen molar-refractivity contribution in [1.82, 2.24) is 0 Å². The Hall–Kier alpha value is -6.96. The van der Waals surface area contributed by atoms with E-state index < -0.39 is 5.41 Å². The fourth-order valence-corrected chi connectivity index (χ4v) is 10.2. The van der Waals surface area contributed by atoms with E-state index in [0.717, 1.165) is 17.1 Å². The summed E-state index contributed by atoms with van der Waals surface area (Å²) in [6.45, 7) is 4.73. The van der Waals surface area contributed by atoms with Crippen molar-refractivity contribution in [2.45, 2.75) is 24.7 Å². The van der Waals surface area contributed by atoms with Crippen LogP contribution in [0.5, 0.6) is 0 Å². The summed E-state index contributed by atoms with van der Waals surface area (Å²) in [6, 6.07) is 78.7. The second-order valence-electron chi connectivity index (χ2n) is 16.0. The maximum Gasteiger partial charge on any atom is 0.0719 e. The molecule has 0 aliphatic heterocycles. The van der Waals surface area contributed by atoms with Crippen LogP contribution in [-0.2, 0) is 10.8 Å². The first-order chi connectivity index (χ1) is 28.0. The number of fused-ring (bicyclic) bond motifs is 8. The van der Waals surface area contributed by atoms with Gasteiger partial charge < -0.3 is 4.90 Å². The van der Waals surface area contributed by atoms with Gasteiger partial charge in [0.15, 0.2) is 0 Å². The lowest BCUT2D eigenvalue weighted by molar-refractivity contribution is 0.660. The number of hydrogen-bond donors (Lipinski definition) is 0. The highest BCUT2D eigenvalue weighted by atomic mass is 15.1. The molecule has 0 heterocycles. The third kappa shape index (κ3) is 4.89. The normalized spacial score (nSPS) is 14.1. The molecule has 9 aromatic carbocycles. The van der Waals surface area contributed by atoms with Gasteiger partial charge in [0.1, 0.15) is 0 Å². The summed E-state index contributed by atoms with van der Waals surface area (Å²) in [6.07, 6.45) is 0. The molecule has 0 saturated carbocycles. The van der Waals surface area contributed by atoms with Crippen LogP contribution in [0.25, 0.3) is 44.2 Å². The largest absolute Gasteiger partial charge is 0.310 e. The SMILES string of the molecule is CC1(C)c2ccccc2-c2ccc(N(c3ccc(-c4ccccc4)cc3)c3cccc4c5c(ccc34)-c3ccccc3C5(c3ccccc3)c3ccccc3)cc21. The predicted octanol–water partition coefficient (Wildman–Crippen LogP) is 14.6. The van der Waals surface area contributed by atoms with Gasteiger partial charge in [-0.05, 0) is 102 Å². The maximum atomic E-state index is 2.48. The zero-order valence-corrected chi connectivity index (χ0v) is 32.2. The molecule has 57 heavy (non-hydrogen) atoms. The average Bonchev–Trinajstić information content (AvgIpc) is 3.71. The van der Waals surface area contributed by atoms with Crippen LogP contribution in [0.2, 0.25) is 0 Å². The Bertz CT molecular complexity index is 2920. The van der Waals surface area contributed by atoms with E-state index in [-0.39, 0.29) is 5.41 Å². The van der Waals surface area contributed by atoms with Gasteiger partial charge in [-0.3, -0.25) is 0 Å². The number of anilines is 3. The van der Waals surface area contributed by atoms with Crippen LogP contribution < -0.4 is 4.90 Å². The maximum absolute atomic E-state index is 2.48. The first-order valence-corrected chi connectivity index (χ1v) is 20.0. The molecule has 0 spiro atoms. The molecule has 0 radical (unpaired) electrons. The zero-order chi connectivity index (χ0) is 38.1. The average molecular weight is 728 g/mol. The molecule has 0 atom stereocenters. The first kappa shape index (κ1) is 33.4. The van der Waals surface area contributed by atoms with Crippen LogP contribution in [0.1, 0.15) is 47.2 Å². The molecule has 0 N–H and O–H groups in total. The molecule has 270 valence electrons. The molecule has 0 bridgehead atoms. The Morgan fingerprint density at radius 1 is 0.351 bits per heavy atom. The summed E-state index contributed by atoms with van der Waals surface area (Å²) < 4.78 is 0. The Morgan fingerprint density at radius 3 is 1.56 bits per heavy atom. The minimum atomic E-state index is -0.502. The number of benzene rings is 9. The molecule has 1 nitrogen and oxygen atoms in total. The molecule has 1 heteroatoms. The second-order valence-corrected chi connectivity index (χ2v) is 16.0. The van der Waals surface area contributed by atoms with Gasteiger partial charge in [-0.1, -0.05) is 196 Å². The van der Waals surface area contributed by atoms with Crippen molar-refractivity contribution in [3.63, 3.8) is 0 Å². The van der Waals surface area contributed by atoms with Gasteiger partial charge in [-0.2, -0.15) is 0 Å². The molecule has 2 aliphatic rings. The fraction of sp³-hybridized carbons (Fsp3) is 0.0714. The highest BCUT2D eigenvalue weighted by Crippen LogP contribution is 2.59. The number of hydrogen-bond acceptors (Lipinski definition) is 1. The standard InChI is InChI=1S/C56H41N/c1-55(2)50-26-14-12-23-44(50)46-34-33-43(37-52(46)55)57(42-31-29-39(30-32-42)38-17-6-3-7-18-38)53-28-16-25-48-47(53)35-36-49-45-24-13-15-27-51(45)56(54(48)49,40-19-8-4-9-20-40)41-21-10-5-11-22-41/h3-37H,1-2H3. The van der Waals surface area contributed by atoms with Crippen molar-refractivity contribution in [2.75, 3.05) is 4.90 Å². The van der Waals surface area contributed by atoms with Crippen molar-refractivity contribution < 1.29 is 0 Å². The van der Waals surface area contributed by atoms with Gasteiger partial charge in [0.25, 0.3) is 0 Å². The minimum absolute atomic E-state index is 0.124. The third-order valence-electron chi connectivity index (χ3n) is 12.7. The third-order valence-corrected chi connectivity index (χ3v) is 12.7. The summed E-state index contributed by atoms with van der Waals surface area (Å²) in [5.41, 5.74) is 18.4. The summed E-state index contributed by atoms with van der Waals surface area (Å²) >= 11 is 0. The molecule has 9 aromatic rings. The molecule has 0 fully saturated rings. The van der Waals surface area contributed by atoms with Crippen molar-refractivity contribution in [3.05, 3.63) is 246 Å². The minimum Gasteiger partial charge on any atom is -0.310 e. The van der Waals surface area contributed by atoms with E-state index in [1.54, 1.807) is 0 Å². The summed E-state index contributed by atoms with van der Waals surface area (Å²) in [5.74, 6) is 0. The molecule has 11 rings (SSSR count). The monoisotopic (exact) mass is 727 g/mol. The molecular formula is C56H41N. The Kier molecular flexibility index (Phi) is 7.50. The highest BCUT2D eigenvalue weighted by molar-refractivity contribution is 6.07. The van der Waals surface area contributed by atoms with E-state index in [1.165, 1.54) is 77.5 Å². The second kappa shape index (κ2) is 12.8. The summed E-state index contributed by atoms with van der Waals surface area (Å²) in [5, 5.41) is 2.48. The molecule has 2 aliphatic carbocycles. The number of nitrogens with zero attached hydrogens (tertiary/aromatic N) is 1. The Morgan fingerprint density at radius 2 is 0.877 bits per heavy atom. The summed E-state index contributed by atoms with van der Waals surface area (Å²) in [7, 11) is 0. The topological polar surface area (TPSA) is 3.24 Å². The van der Waals surface area contributed by atoms with E-state index in [4.69, 9.17) is 0 Å². The quantitative estimate of drug-likeness (QED) is 0.165. The highest BCUT2D eigenvalue weighted by Gasteiger charge is 2.47. The van der Waals surface area contributed by atoms with Crippen LogP contribution in [0.3, 0.4) is 0 Å². The Labute approximate surface area is 335 Å². The van der Waals surface area contributed by atoms with Crippen LogP contribution in [0, 0.1) is 0 Å². The van der Waals surface area contributed by atoms with Crippen LogP contribution >= 0.6 is 0 Å². The molecule has 0 unspecified atom stereocenters. The molecule has 0 amide bonds. The van der Waals surface area contributed by atoms with Crippen molar-refractivity contribution >= 4 is 27.8 Å². The van der Waals surface area contributed by atoms with Gasteiger partial charge in [-0.15, -0.1) is 0 Å². The van der Waals surface area contributed by atoms with Crippen LogP contribution in [0.4, 0.5) is 17.1 Å². The zero-order valence-electron chi connectivity index (χ0n) is 32.2. The lowest BCUT2D eigenvalue weighted by Gasteiger charge is -2.35. The lowest BCUT2D eigenvalue weighted by atomic mass is 9.66.